The van der Waals surface area contributed by atoms with E-state index >= 15 is 0 Å². The van der Waals surface area contributed by atoms with E-state index in [1.54, 1.807) is 18.2 Å². The monoisotopic (exact) mass is 323 g/mol. The van der Waals surface area contributed by atoms with Crippen LogP contribution in [0.3, 0.4) is 0 Å². The second-order valence-electron chi connectivity index (χ2n) is 5.90. The first-order valence-electron chi connectivity index (χ1n) is 7.90. The lowest BCUT2D eigenvalue weighted by Gasteiger charge is -2.21. The minimum Gasteiger partial charge on any atom is -0.444 e. The number of amides is 2. The van der Waals surface area contributed by atoms with Crippen molar-refractivity contribution in [3.63, 3.8) is 0 Å². The molecule has 0 aromatic heterocycles. The van der Waals surface area contributed by atoms with E-state index in [4.69, 9.17) is 4.74 Å². The molecule has 2 heterocycles. The Bertz CT molecular complexity index is 832. The summed E-state index contributed by atoms with van der Waals surface area (Å²) in [6, 6.07) is 11.2. The van der Waals surface area contributed by atoms with E-state index in [-0.39, 0.29) is 12.5 Å². The summed E-state index contributed by atoms with van der Waals surface area (Å²) >= 11 is 0. The molecule has 0 radical (unpaired) electrons. The number of hydrogen-bond acceptors (Lipinski definition) is 4. The summed E-state index contributed by atoms with van der Waals surface area (Å²) in [6.45, 7) is 1.92. The smallest absolute Gasteiger partial charge is 0.411 e. The molecule has 0 bridgehead atoms. The molecule has 2 aliphatic heterocycles. The Morgan fingerprint density at radius 3 is 3.00 bits per heavy atom. The van der Waals surface area contributed by atoms with E-state index in [0.29, 0.717) is 11.3 Å². The van der Waals surface area contributed by atoms with Gasteiger partial charge in [-0.1, -0.05) is 12.1 Å². The zero-order chi connectivity index (χ0) is 16.5. The molecule has 0 spiro atoms. The first-order valence-corrected chi connectivity index (χ1v) is 7.90. The van der Waals surface area contributed by atoms with Crippen LogP contribution in [0, 0.1) is 0 Å². The summed E-state index contributed by atoms with van der Waals surface area (Å²) < 4.78 is 4.94. The number of hydrogen-bond donors (Lipinski definition) is 3. The van der Waals surface area contributed by atoms with Crippen LogP contribution in [-0.4, -0.2) is 18.5 Å². The molecule has 122 valence electrons. The Balaban J connectivity index is 1.58. The molecule has 0 unspecified atom stereocenters. The molecule has 2 aromatic carbocycles. The van der Waals surface area contributed by atoms with Gasteiger partial charge in [0.2, 0.25) is 0 Å². The van der Waals surface area contributed by atoms with Crippen molar-refractivity contribution >= 4 is 23.4 Å². The molecule has 6 nitrogen and oxygen atoms in total. The highest BCUT2D eigenvalue weighted by atomic mass is 16.5. The Morgan fingerprint density at radius 1 is 1.17 bits per heavy atom. The highest BCUT2D eigenvalue weighted by Crippen LogP contribution is 2.26. The number of carbonyl (C=O) groups is 2. The van der Waals surface area contributed by atoms with Crippen molar-refractivity contribution < 1.29 is 14.3 Å². The lowest BCUT2D eigenvalue weighted by atomic mass is 9.99. The van der Waals surface area contributed by atoms with Crippen LogP contribution in [0.4, 0.5) is 16.2 Å². The summed E-state index contributed by atoms with van der Waals surface area (Å²) in [5.74, 6) is -0.165. The average Bonchev–Trinajstić information content (AvgIpc) is 2.61. The van der Waals surface area contributed by atoms with Gasteiger partial charge in [-0.3, -0.25) is 10.1 Å². The van der Waals surface area contributed by atoms with Crippen LogP contribution in [0.25, 0.3) is 0 Å². The van der Waals surface area contributed by atoms with Crippen LogP contribution in [-0.2, 0) is 24.3 Å². The lowest BCUT2D eigenvalue weighted by molar-refractivity contribution is 0.102. The molecule has 2 amide bonds. The molecular formula is C18H17N3O3. The van der Waals surface area contributed by atoms with Gasteiger partial charge < -0.3 is 15.4 Å². The van der Waals surface area contributed by atoms with Crippen LogP contribution >= 0.6 is 0 Å². The van der Waals surface area contributed by atoms with Crippen LogP contribution in [0.1, 0.15) is 27.0 Å². The van der Waals surface area contributed by atoms with Gasteiger partial charge in [0.25, 0.3) is 5.91 Å². The van der Waals surface area contributed by atoms with Gasteiger partial charge in [-0.25, -0.2) is 4.79 Å². The minimum atomic E-state index is -0.468. The Labute approximate surface area is 139 Å². The third kappa shape index (κ3) is 2.72. The van der Waals surface area contributed by atoms with Gasteiger partial charge >= 0.3 is 6.09 Å². The number of carbonyl (C=O) groups excluding carboxylic acids is 2. The molecule has 0 saturated heterocycles. The Hall–Kier alpha value is -2.86. The van der Waals surface area contributed by atoms with Crippen LogP contribution in [0.15, 0.2) is 36.4 Å². The van der Waals surface area contributed by atoms with Crippen molar-refractivity contribution in [3.05, 3.63) is 58.7 Å². The number of fused-ring (bicyclic) bond motifs is 2. The van der Waals surface area contributed by atoms with Gasteiger partial charge in [0, 0.05) is 23.4 Å². The first kappa shape index (κ1) is 14.7. The topological polar surface area (TPSA) is 79.5 Å². The lowest BCUT2D eigenvalue weighted by Crippen LogP contribution is -2.25. The molecule has 0 atom stereocenters. The standard InChI is InChI=1S/C18H17N3O3/c22-17(11-4-5-15-13(8-11)10-24-18(23)21-15)20-16-3-1-2-12-9-19-7-6-14(12)16/h1-5,8,19H,6-7,9-10H2,(H,20,22)(H,21,23). The van der Waals surface area contributed by atoms with Crippen molar-refractivity contribution in [1.29, 1.82) is 0 Å². The second-order valence-corrected chi connectivity index (χ2v) is 5.90. The molecular weight excluding hydrogens is 306 g/mol. The van der Waals surface area contributed by atoms with Crippen molar-refractivity contribution in [1.82, 2.24) is 5.32 Å². The van der Waals surface area contributed by atoms with Crippen molar-refractivity contribution in [3.8, 4) is 0 Å². The number of rotatable bonds is 2. The number of anilines is 2. The largest absolute Gasteiger partial charge is 0.444 e. The normalized spacial score (nSPS) is 15.6. The number of ether oxygens (including phenoxy) is 1. The van der Waals surface area contributed by atoms with Gasteiger partial charge in [-0.2, -0.15) is 0 Å². The van der Waals surface area contributed by atoms with Gasteiger partial charge in [0.05, 0.1) is 5.69 Å². The predicted octanol–water partition coefficient (Wildman–Crippen LogP) is 2.65. The highest BCUT2D eigenvalue weighted by Gasteiger charge is 2.19. The maximum absolute atomic E-state index is 12.6. The van der Waals surface area contributed by atoms with E-state index in [9.17, 15) is 9.59 Å². The molecule has 0 fully saturated rings. The average molecular weight is 323 g/mol. The third-order valence-electron chi connectivity index (χ3n) is 4.35. The Kier molecular flexibility index (Phi) is 3.66. The van der Waals surface area contributed by atoms with Gasteiger partial charge in [-0.05, 0) is 48.4 Å². The van der Waals surface area contributed by atoms with Crippen LogP contribution in [0.5, 0.6) is 0 Å². The van der Waals surface area contributed by atoms with Gasteiger partial charge in [0.1, 0.15) is 6.61 Å². The SMILES string of the molecule is O=C1Nc2ccc(C(=O)Nc3cccc4c3CCNC4)cc2CO1. The van der Waals surface area contributed by atoms with E-state index < -0.39 is 6.09 Å². The molecule has 0 saturated carbocycles. The number of benzene rings is 2. The van der Waals surface area contributed by atoms with Crippen molar-refractivity contribution in [2.75, 3.05) is 17.2 Å². The summed E-state index contributed by atoms with van der Waals surface area (Å²) in [4.78, 5) is 23.8. The zero-order valence-corrected chi connectivity index (χ0v) is 13.0. The fourth-order valence-electron chi connectivity index (χ4n) is 3.11. The van der Waals surface area contributed by atoms with Crippen molar-refractivity contribution in [2.24, 2.45) is 0 Å². The maximum Gasteiger partial charge on any atom is 0.411 e. The molecule has 0 aliphatic carbocycles. The zero-order valence-electron chi connectivity index (χ0n) is 13.0. The van der Waals surface area contributed by atoms with Crippen molar-refractivity contribution in [2.45, 2.75) is 19.6 Å². The highest BCUT2D eigenvalue weighted by molar-refractivity contribution is 6.05. The molecule has 6 heteroatoms. The van der Waals surface area contributed by atoms with E-state index in [1.807, 2.05) is 12.1 Å². The Morgan fingerprint density at radius 2 is 2.08 bits per heavy atom. The fraction of sp³-hybridized carbons (Fsp3) is 0.222. The first-order chi connectivity index (χ1) is 11.7. The van der Waals surface area contributed by atoms with Crippen LogP contribution in [0.2, 0.25) is 0 Å². The molecule has 24 heavy (non-hydrogen) atoms. The van der Waals surface area contributed by atoms with Gasteiger partial charge in [-0.15, -0.1) is 0 Å². The third-order valence-corrected chi connectivity index (χ3v) is 4.35. The predicted molar refractivity (Wildman–Crippen MR) is 90.1 cm³/mol. The summed E-state index contributed by atoms with van der Waals surface area (Å²) in [5, 5.41) is 8.95. The van der Waals surface area contributed by atoms with E-state index in [2.05, 4.69) is 22.0 Å². The molecule has 2 aromatic rings. The quantitative estimate of drug-likeness (QED) is 0.794. The minimum absolute atomic E-state index is 0.165. The summed E-state index contributed by atoms with van der Waals surface area (Å²) in [6.07, 6.45) is 0.430. The molecule has 4 rings (SSSR count). The maximum atomic E-state index is 12.6. The number of cyclic esters (lactones) is 1. The summed E-state index contributed by atoms with van der Waals surface area (Å²) in [7, 11) is 0. The molecule has 2 aliphatic rings. The van der Waals surface area contributed by atoms with Crippen LogP contribution < -0.4 is 16.0 Å². The second kappa shape index (κ2) is 5.98. The van der Waals surface area contributed by atoms with E-state index in [1.165, 1.54) is 11.1 Å². The molecule has 3 N–H and O–H groups in total. The van der Waals surface area contributed by atoms with Gasteiger partial charge in [0.15, 0.2) is 0 Å². The van der Waals surface area contributed by atoms with E-state index in [0.717, 1.165) is 30.8 Å². The fourth-order valence-corrected chi connectivity index (χ4v) is 3.11. The summed E-state index contributed by atoms with van der Waals surface area (Å²) in [5.41, 5.74) is 5.30. The number of nitrogens with one attached hydrogen (secondary N) is 3.